The second-order valence-electron chi connectivity index (χ2n) is 9.83. The fourth-order valence-corrected chi connectivity index (χ4v) is 8.19. The summed E-state index contributed by atoms with van der Waals surface area (Å²) >= 11 is 0. The zero-order chi connectivity index (χ0) is 14.4. The number of hydrogen-bond acceptors (Lipinski definition) is 0. The first-order valence-electron chi connectivity index (χ1n) is 8.95. The summed E-state index contributed by atoms with van der Waals surface area (Å²) < 4.78 is 0. The molecule has 0 bridgehead atoms. The van der Waals surface area contributed by atoms with Gasteiger partial charge in [-0.05, 0) is 67.1 Å². The Morgan fingerprint density at radius 1 is 1.15 bits per heavy atom. The summed E-state index contributed by atoms with van der Waals surface area (Å²) in [6.45, 7) is 12.8. The van der Waals surface area contributed by atoms with Gasteiger partial charge in [0.05, 0.1) is 0 Å². The summed E-state index contributed by atoms with van der Waals surface area (Å²) in [6, 6.07) is 0. The Balaban J connectivity index is 1.93. The van der Waals surface area contributed by atoms with Gasteiger partial charge in [-0.3, -0.25) is 0 Å². The van der Waals surface area contributed by atoms with Crippen molar-refractivity contribution in [3.63, 3.8) is 0 Å². The summed E-state index contributed by atoms with van der Waals surface area (Å²) in [5.74, 6) is 1.90. The van der Waals surface area contributed by atoms with Crippen LogP contribution in [0.15, 0.2) is 11.6 Å². The number of allylic oxidation sites excluding steroid dienone is 2. The van der Waals surface area contributed by atoms with Crippen LogP contribution in [0.25, 0.3) is 0 Å². The van der Waals surface area contributed by atoms with E-state index in [9.17, 15) is 0 Å². The molecule has 0 aromatic heterocycles. The maximum atomic E-state index is 2.67. The third-order valence-corrected chi connectivity index (χ3v) is 8.46. The molecule has 20 heavy (non-hydrogen) atoms. The Labute approximate surface area is 125 Å². The molecule has 112 valence electrons. The molecule has 4 aliphatic carbocycles. The van der Waals surface area contributed by atoms with Crippen LogP contribution in [0.2, 0.25) is 0 Å². The van der Waals surface area contributed by atoms with Gasteiger partial charge in [-0.25, -0.2) is 0 Å². The fourth-order valence-electron chi connectivity index (χ4n) is 8.19. The SMILES string of the molecule is CC1=CCC23[C@H](C)CCC[C@@]2(C)C[C@H]2CC(C)(C)C[C@]123. The van der Waals surface area contributed by atoms with Crippen molar-refractivity contribution in [3.8, 4) is 0 Å². The van der Waals surface area contributed by atoms with Gasteiger partial charge in [0.25, 0.3) is 0 Å². The molecule has 2 spiro atoms. The molecule has 0 aliphatic heterocycles. The average molecular weight is 272 g/mol. The summed E-state index contributed by atoms with van der Waals surface area (Å²) in [5.41, 5.74) is 4.16. The maximum Gasteiger partial charge on any atom is 0.000992 e. The highest BCUT2D eigenvalue weighted by atomic mass is 14.8. The lowest BCUT2D eigenvalue weighted by molar-refractivity contribution is -0.0799. The van der Waals surface area contributed by atoms with Gasteiger partial charge in [-0.1, -0.05) is 52.2 Å². The molecule has 0 saturated heterocycles. The van der Waals surface area contributed by atoms with Crippen LogP contribution in [0.5, 0.6) is 0 Å². The highest BCUT2D eigenvalue weighted by Crippen LogP contribution is 2.83. The second kappa shape index (κ2) is 3.55. The molecule has 0 nitrogen and oxygen atoms in total. The van der Waals surface area contributed by atoms with Gasteiger partial charge in [0.2, 0.25) is 0 Å². The standard InChI is InChI=1S/C20H32/c1-14-8-10-20-15(2)7-6-9-18(20,5)12-16-11-17(3,4)13-19(14,16)20/h8,15-16H,6-7,9-13H2,1-5H3/t15-,16-,18+,19+,20?/m1/s1. The van der Waals surface area contributed by atoms with Crippen molar-refractivity contribution in [2.24, 2.45) is 33.5 Å². The first-order valence-corrected chi connectivity index (χ1v) is 8.95. The van der Waals surface area contributed by atoms with Gasteiger partial charge in [-0.15, -0.1) is 0 Å². The third-order valence-electron chi connectivity index (χ3n) is 8.46. The van der Waals surface area contributed by atoms with Gasteiger partial charge in [0.1, 0.15) is 0 Å². The predicted octanol–water partition coefficient (Wildman–Crippen LogP) is 5.98. The Hall–Kier alpha value is -0.260. The predicted molar refractivity (Wildman–Crippen MR) is 85.5 cm³/mol. The van der Waals surface area contributed by atoms with Crippen molar-refractivity contribution in [2.75, 3.05) is 0 Å². The van der Waals surface area contributed by atoms with Gasteiger partial charge in [0, 0.05) is 5.41 Å². The monoisotopic (exact) mass is 272 g/mol. The normalized spacial score (nSPS) is 56.1. The van der Waals surface area contributed by atoms with Crippen LogP contribution in [-0.2, 0) is 0 Å². The minimum atomic E-state index is 0.565. The first-order chi connectivity index (χ1) is 9.28. The largest absolute Gasteiger partial charge is 0.0844 e. The highest BCUT2D eigenvalue weighted by Gasteiger charge is 2.75. The molecule has 0 heterocycles. The van der Waals surface area contributed by atoms with E-state index in [0.29, 0.717) is 21.7 Å². The highest BCUT2D eigenvalue weighted by molar-refractivity contribution is 5.37. The summed E-state index contributed by atoms with van der Waals surface area (Å²) in [7, 11) is 0. The molecule has 5 atom stereocenters. The maximum absolute atomic E-state index is 2.67. The van der Waals surface area contributed by atoms with Crippen molar-refractivity contribution in [1.29, 1.82) is 0 Å². The number of rotatable bonds is 0. The van der Waals surface area contributed by atoms with E-state index in [1.807, 2.05) is 0 Å². The van der Waals surface area contributed by atoms with Gasteiger partial charge in [0.15, 0.2) is 0 Å². The Bertz CT molecular complexity index is 484. The molecular weight excluding hydrogens is 240 g/mol. The molecule has 0 heteroatoms. The Morgan fingerprint density at radius 3 is 2.65 bits per heavy atom. The zero-order valence-corrected chi connectivity index (χ0v) is 14.2. The summed E-state index contributed by atoms with van der Waals surface area (Å²) in [5, 5.41) is 0. The minimum absolute atomic E-state index is 0.565. The van der Waals surface area contributed by atoms with Crippen molar-refractivity contribution in [1.82, 2.24) is 0 Å². The average Bonchev–Trinajstić information content (AvgIpc) is 2.82. The molecule has 3 saturated carbocycles. The van der Waals surface area contributed by atoms with Crippen LogP contribution in [0.3, 0.4) is 0 Å². The van der Waals surface area contributed by atoms with Crippen LogP contribution in [-0.4, -0.2) is 0 Å². The van der Waals surface area contributed by atoms with Crippen LogP contribution >= 0.6 is 0 Å². The molecule has 0 aromatic rings. The van der Waals surface area contributed by atoms with Crippen LogP contribution in [0, 0.1) is 33.5 Å². The molecule has 0 aromatic carbocycles. The number of hydrogen-bond donors (Lipinski definition) is 0. The smallest absolute Gasteiger partial charge is 0.000992 e. The van der Waals surface area contributed by atoms with E-state index < -0.39 is 0 Å². The minimum Gasteiger partial charge on any atom is -0.0844 e. The van der Waals surface area contributed by atoms with Crippen LogP contribution in [0.4, 0.5) is 0 Å². The van der Waals surface area contributed by atoms with E-state index in [0.717, 1.165) is 11.8 Å². The molecule has 3 fully saturated rings. The molecule has 0 amide bonds. The molecule has 1 unspecified atom stereocenters. The zero-order valence-electron chi connectivity index (χ0n) is 14.2. The summed E-state index contributed by atoms with van der Waals surface area (Å²) in [6.07, 6.45) is 13.0. The Kier molecular flexibility index (Phi) is 2.38. The van der Waals surface area contributed by atoms with Crippen molar-refractivity contribution in [2.45, 2.75) is 79.6 Å². The summed E-state index contributed by atoms with van der Waals surface area (Å²) in [4.78, 5) is 0. The molecule has 0 N–H and O–H groups in total. The lowest BCUT2D eigenvalue weighted by atomic mass is 9.46. The van der Waals surface area contributed by atoms with E-state index in [1.165, 1.54) is 44.9 Å². The molecular formula is C20H32. The second-order valence-corrected chi connectivity index (χ2v) is 9.83. The quantitative estimate of drug-likeness (QED) is 0.476. The van der Waals surface area contributed by atoms with Gasteiger partial charge in [-0.2, -0.15) is 0 Å². The first kappa shape index (κ1) is 13.4. The van der Waals surface area contributed by atoms with Gasteiger partial charge >= 0.3 is 0 Å². The van der Waals surface area contributed by atoms with E-state index >= 15 is 0 Å². The topological polar surface area (TPSA) is 0 Å². The van der Waals surface area contributed by atoms with Crippen molar-refractivity contribution >= 4 is 0 Å². The lowest BCUT2D eigenvalue weighted by Gasteiger charge is -2.58. The lowest BCUT2D eigenvalue weighted by Crippen LogP contribution is -2.51. The van der Waals surface area contributed by atoms with E-state index in [1.54, 1.807) is 5.57 Å². The van der Waals surface area contributed by atoms with E-state index in [4.69, 9.17) is 0 Å². The van der Waals surface area contributed by atoms with Gasteiger partial charge < -0.3 is 0 Å². The Morgan fingerprint density at radius 2 is 1.90 bits per heavy atom. The molecule has 4 aliphatic rings. The molecule has 0 radical (unpaired) electrons. The third kappa shape index (κ3) is 1.19. The molecule has 4 rings (SSSR count). The van der Waals surface area contributed by atoms with Crippen LogP contribution < -0.4 is 0 Å². The van der Waals surface area contributed by atoms with E-state index in [-0.39, 0.29) is 0 Å². The fraction of sp³-hybridized carbons (Fsp3) is 0.900. The van der Waals surface area contributed by atoms with Crippen molar-refractivity contribution in [3.05, 3.63) is 11.6 Å². The van der Waals surface area contributed by atoms with Crippen LogP contribution in [0.1, 0.15) is 79.6 Å². The van der Waals surface area contributed by atoms with E-state index in [2.05, 4.69) is 40.7 Å². The van der Waals surface area contributed by atoms with Crippen molar-refractivity contribution < 1.29 is 0 Å².